The normalized spacial score (nSPS) is 16.2. The van der Waals surface area contributed by atoms with E-state index in [1.54, 1.807) is 11.3 Å². The molecule has 3 nitrogen and oxygen atoms in total. The molecule has 0 saturated heterocycles. The minimum absolute atomic E-state index is 0.109. The summed E-state index contributed by atoms with van der Waals surface area (Å²) in [6.45, 7) is 1.22. The van der Waals surface area contributed by atoms with E-state index in [1.165, 1.54) is 17.7 Å². The molecule has 2 N–H and O–H groups in total. The van der Waals surface area contributed by atoms with Crippen molar-refractivity contribution in [3.63, 3.8) is 0 Å². The van der Waals surface area contributed by atoms with E-state index in [-0.39, 0.29) is 11.4 Å². The smallest absolute Gasteiger partial charge is 0.315 e. The Morgan fingerprint density at radius 2 is 1.87 bits per heavy atom. The highest BCUT2D eigenvalue weighted by molar-refractivity contribution is 7.10. The van der Waals surface area contributed by atoms with Crippen molar-refractivity contribution >= 4 is 29.0 Å². The van der Waals surface area contributed by atoms with Gasteiger partial charge < -0.3 is 10.6 Å². The minimum Gasteiger partial charge on any atom is -0.337 e. The van der Waals surface area contributed by atoms with Gasteiger partial charge in [0.2, 0.25) is 0 Å². The maximum absolute atomic E-state index is 12.1. The van der Waals surface area contributed by atoms with E-state index < -0.39 is 0 Å². The van der Waals surface area contributed by atoms with Crippen molar-refractivity contribution in [1.29, 1.82) is 0 Å². The lowest BCUT2D eigenvalue weighted by atomic mass is 9.84. The Morgan fingerprint density at radius 1 is 1.13 bits per heavy atom. The summed E-state index contributed by atoms with van der Waals surface area (Å²) in [7, 11) is 0. The largest absolute Gasteiger partial charge is 0.337 e. The number of hydrogen-bond donors (Lipinski definition) is 2. The molecule has 1 saturated carbocycles. The second-order valence-corrected chi connectivity index (χ2v) is 7.51. The van der Waals surface area contributed by atoms with Crippen LogP contribution in [0.1, 0.15) is 36.1 Å². The minimum atomic E-state index is -0.109. The number of thiophene rings is 1. The van der Waals surface area contributed by atoms with Gasteiger partial charge in [-0.1, -0.05) is 42.6 Å². The van der Waals surface area contributed by atoms with E-state index in [0.29, 0.717) is 18.1 Å². The number of halogens is 1. The van der Waals surface area contributed by atoms with Crippen LogP contribution < -0.4 is 10.6 Å². The highest BCUT2D eigenvalue weighted by atomic mass is 35.5. The maximum Gasteiger partial charge on any atom is 0.315 e. The summed E-state index contributed by atoms with van der Waals surface area (Å²) in [4.78, 5) is 13.5. The molecule has 3 rings (SSSR count). The van der Waals surface area contributed by atoms with Gasteiger partial charge in [0.05, 0.1) is 0 Å². The van der Waals surface area contributed by atoms with Gasteiger partial charge in [-0.3, -0.25) is 0 Å². The summed E-state index contributed by atoms with van der Waals surface area (Å²) in [6, 6.07) is 11.7. The molecule has 0 unspecified atom stereocenters. The molecule has 0 spiro atoms. The molecule has 5 heteroatoms. The van der Waals surface area contributed by atoms with Gasteiger partial charge in [-0.15, -0.1) is 11.3 Å². The van der Waals surface area contributed by atoms with Crippen molar-refractivity contribution in [3.05, 3.63) is 57.2 Å². The number of hydrogen-bond acceptors (Lipinski definition) is 2. The van der Waals surface area contributed by atoms with E-state index in [9.17, 15) is 4.79 Å². The summed E-state index contributed by atoms with van der Waals surface area (Å²) < 4.78 is 0. The van der Waals surface area contributed by atoms with E-state index in [1.807, 2.05) is 24.3 Å². The van der Waals surface area contributed by atoms with Gasteiger partial charge in [-0.2, -0.15) is 0 Å². The SMILES string of the molecule is O=C(NCc1ccc(Cl)cc1)NCC1(c2cccs2)CCCC1. The summed E-state index contributed by atoms with van der Waals surface area (Å²) in [5, 5.41) is 8.81. The van der Waals surface area contributed by atoms with Crippen molar-refractivity contribution in [2.45, 2.75) is 37.6 Å². The van der Waals surface area contributed by atoms with Crippen LogP contribution >= 0.6 is 22.9 Å². The molecule has 0 atom stereocenters. The molecule has 0 bridgehead atoms. The molecule has 2 aromatic rings. The first-order valence-electron chi connectivity index (χ1n) is 7.98. The van der Waals surface area contributed by atoms with Crippen molar-refractivity contribution in [1.82, 2.24) is 10.6 Å². The first kappa shape index (κ1) is 16.3. The Labute approximate surface area is 146 Å². The number of amides is 2. The molecular formula is C18H21ClN2OS. The van der Waals surface area contributed by atoms with Crippen molar-refractivity contribution < 1.29 is 4.79 Å². The topological polar surface area (TPSA) is 41.1 Å². The molecule has 1 fully saturated rings. The molecule has 1 aliphatic carbocycles. The van der Waals surface area contributed by atoms with E-state index in [4.69, 9.17) is 11.6 Å². The monoisotopic (exact) mass is 348 g/mol. The summed E-state index contributed by atoms with van der Waals surface area (Å²) >= 11 is 7.66. The Kier molecular flexibility index (Phi) is 5.23. The zero-order valence-electron chi connectivity index (χ0n) is 13.0. The summed E-state index contributed by atoms with van der Waals surface area (Å²) in [6.07, 6.45) is 4.80. The van der Waals surface area contributed by atoms with Gasteiger partial charge in [-0.25, -0.2) is 4.79 Å². The van der Waals surface area contributed by atoms with Crippen LogP contribution in [0.5, 0.6) is 0 Å². The molecule has 2 amide bonds. The van der Waals surface area contributed by atoms with Gasteiger partial charge in [0.1, 0.15) is 0 Å². The maximum atomic E-state index is 12.1. The first-order chi connectivity index (χ1) is 11.2. The number of rotatable bonds is 5. The van der Waals surface area contributed by atoms with Gasteiger partial charge >= 0.3 is 6.03 Å². The molecule has 0 aliphatic heterocycles. The van der Waals surface area contributed by atoms with Crippen LogP contribution in [-0.4, -0.2) is 12.6 Å². The number of benzene rings is 1. The van der Waals surface area contributed by atoms with Gasteiger partial charge in [0.15, 0.2) is 0 Å². The molecule has 0 radical (unpaired) electrons. The van der Waals surface area contributed by atoms with E-state index >= 15 is 0 Å². The average molecular weight is 349 g/mol. The van der Waals surface area contributed by atoms with Crippen molar-refractivity contribution in [2.75, 3.05) is 6.54 Å². The first-order valence-corrected chi connectivity index (χ1v) is 9.24. The van der Waals surface area contributed by atoms with Crippen LogP contribution in [0, 0.1) is 0 Å². The van der Waals surface area contributed by atoms with Crippen molar-refractivity contribution in [2.24, 2.45) is 0 Å². The third-order valence-corrected chi connectivity index (χ3v) is 5.93. The Hall–Kier alpha value is -1.52. The van der Waals surface area contributed by atoms with Crippen LogP contribution in [0.3, 0.4) is 0 Å². The third-order valence-electron chi connectivity index (χ3n) is 4.56. The second kappa shape index (κ2) is 7.37. The standard InChI is InChI=1S/C18H21ClN2OS/c19-15-7-5-14(6-8-15)12-20-17(22)21-13-18(9-1-2-10-18)16-4-3-11-23-16/h3-8,11H,1-2,9-10,12-13H2,(H2,20,21,22). The van der Waals surface area contributed by atoms with Gasteiger partial charge in [0, 0.05) is 28.4 Å². The molecular weight excluding hydrogens is 328 g/mol. The fraction of sp³-hybridized carbons (Fsp3) is 0.389. The van der Waals surface area contributed by atoms with E-state index in [0.717, 1.165) is 18.4 Å². The zero-order valence-corrected chi connectivity index (χ0v) is 14.6. The van der Waals surface area contributed by atoms with Crippen LogP contribution in [0.2, 0.25) is 5.02 Å². The van der Waals surface area contributed by atoms with Gasteiger partial charge in [0.25, 0.3) is 0 Å². The molecule has 23 heavy (non-hydrogen) atoms. The summed E-state index contributed by atoms with van der Waals surface area (Å²) in [5.41, 5.74) is 1.17. The average Bonchev–Trinajstić information content (AvgIpc) is 3.24. The number of carbonyl (C=O) groups is 1. The number of nitrogens with one attached hydrogen (secondary N) is 2. The van der Waals surface area contributed by atoms with Crippen LogP contribution in [0.25, 0.3) is 0 Å². The lowest BCUT2D eigenvalue weighted by Gasteiger charge is -2.28. The van der Waals surface area contributed by atoms with Crippen molar-refractivity contribution in [3.8, 4) is 0 Å². The predicted octanol–water partition coefficient (Wildman–Crippen LogP) is 4.71. The number of urea groups is 1. The fourth-order valence-electron chi connectivity index (χ4n) is 3.24. The highest BCUT2D eigenvalue weighted by Crippen LogP contribution is 2.42. The van der Waals surface area contributed by atoms with Crippen LogP contribution in [0.15, 0.2) is 41.8 Å². The molecule has 1 aliphatic rings. The Morgan fingerprint density at radius 3 is 2.52 bits per heavy atom. The fourth-order valence-corrected chi connectivity index (χ4v) is 4.35. The highest BCUT2D eigenvalue weighted by Gasteiger charge is 2.36. The van der Waals surface area contributed by atoms with Gasteiger partial charge in [-0.05, 0) is 42.0 Å². The second-order valence-electron chi connectivity index (χ2n) is 6.13. The quantitative estimate of drug-likeness (QED) is 0.807. The molecule has 1 aromatic carbocycles. The summed E-state index contributed by atoms with van der Waals surface area (Å²) in [5.74, 6) is 0. The Balaban J connectivity index is 1.52. The molecule has 1 heterocycles. The number of carbonyl (C=O) groups excluding carboxylic acids is 1. The predicted molar refractivity (Wildman–Crippen MR) is 96.2 cm³/mol. The van der Waals surface area contributed by atoms with E-state index in [2.05, 4.69) is 28.1 Å². The Bertz CT molecular complexity index is 634. The lowest BCUT2D eigenvalue weighted by molar-refractivity contribution is 0.237. The van der Waals surface area contributed by atoms with Crippen LogP contribution in [-0.2, 0) is 12.0 Å². The lowest BCUT2D eigenvalue weighted by Crippen LogP contribution is -2.43. The molecule has 122 valence electrons. The third kappa shape index (κ3) is 4.06. The molecule has 1 aromatic heterocycles. The zero-order chi connectivity index (χ0) is 16.1. The van der Waals surface area contributed by atoms with Crippen LogP contribution in [0.4, 0.5) is 4.79 Å².